The summed E-state index contributed by atoms with van der Waals surface area (Å²) in [6, 6.07) is 0. The molecule has 3 fully saturated rings. The minimum atomic E-state index is -1.84. The van der Waals surface area contributed by atoms with Gasteiger partial charge < -0.3 is 10.2 Å². The number of aliphatic hydroxyl groups excluding tert-OH is 1. The van der Waals surface area contributed by atoms with Crippen LogP contribution in [0, 0.1) is 28.6 Å². The van der Waals surface area contributed by atoms with Crippen molar-refractivity contribution in [1.29, 1.82) is 0 Å². The van der Waals surface area contributed by atoms with Crippen molar-refractivity contribution in [2.24, 2.45) is 28.6 Å². The molecule has 154 valence electrons. The van der Waals surface area contributed by atoms with Crippen LogP contribution in [0.5, 0.6) is 0 Å². The molecular weight excluding hydrogens is 379 g/mol. The number of ketones is 1. The Balaban J connectivity index is 1.84. The fraction of sp³-hybridized carbons (Fsp3) is 0.696. The normalized spacial score (nSPS) is 52.5. The second-order valence-corrected chi connectivity index (χ2v) is 10.2. The lowest BCUT2D eigenvalue weighted by Crippen LogP contribution is -2.69. The van der Waals surface area contributed by atoms with Gasteiger partial charge in [0.05, 0.1) is 12.0 Å². The predicted octanol–water partition coefficient (Wildman–Crippen LogP) is 4.13. The summed E-state index contributed by atoms with van der Waals surface area (Å²) in [5, 5.41) is 22.7. The molecular formula is C23H30ClFO3. The largest absolute Gasteiger partial charge is 0.390 e. The standard InChI is InChI=1S/C23H30ClFO3/c1-13-7-8-20(3)15(9-13)5-6-16-17-10-14(2)23(28,19(27)12-24)21(17,4)11-18(26)22(16,20)25/h7-9,14,16-18,26,28H,1,5-6,10-12H2,2-4H3/t14-,16-,17-,18-,20-,21-,22-,23-/m0/s1. The van der Waals surface area contributed by atoms with Gasteiger partial charge >= 0.3 is 0 Å². The molecule has 0 bridgehead atoms. The maximum Gasteiger partial charge on any atom is 0.179 e. The van der Waals surface area contributed by atoms with Crippen LogP contribution in [0.2, 0.25) is 0 Å². The molecule has 0 amide bonds. The summed E-state index contributed by atoms with van der Waals surface area (Å²) >= 11 is 5.84. The van der Waals surface area contributed by atoms with Crippen LogP contribution in [-0.4, -0.2) is 39.3 Å². The molecule has 28 heavy (non-hydrogen) atoms. The van der Waals surface area contributed by atoms with Crippen molar-refractivity contribution < 1.29 is 19.4 Å². The van der Waals surface area contributed by atoms with E-state index >= 15 is 4.39 Å². The van der Waals surface area contributed by atoms with Crippen LogP contribution in [0.25, 0.3) is 0 Å². The monoisotopic (exact) mass is 408 g/mol. The first kappa shape index (κ1) is 20.3. The third kappa shape index (κ3) is 2.10. The summed E-state index contributed by atoms with van der Waals surface area (Å²) in [6.45, 7) is 9.54. The van der Waals surface area contributed by atoms with E-state index in [2.05, 4.69) is 6.58 Å². The van der Waals surface area contributed by atoms with E-state index in [-0.39, 0.29) is 24.1 Å². The van der Waals surface area contributed by atoms with Crippen LogP contribution in [0.4, 0.5) is 4.39 Å². The van der Waals surface area contributed by atoms with Crippen molar-refractivity contribution in [3.63, 3.8) is 0 Å². The zero-order valence-corrected chi connectivity index (χ0v) is 17.6. The van der Waals surface area contributed by atoms with E-state index in [1.54, 1.807) is 0 Å². The molecule has 8 atom stereocenters. The molecule has 4 aliphatic carbocycles. The minimum absolute atomic E-state index is 0.0474. The van der Waals surface area contributed by atoms with Crippen molar-refractivity contribution in [1.82, 2.24) is 0 Å². The fourth-order valence-corrected chi connectivity index (χ4v) is 7.52. The Morgan fingerprint density at radius 1 is 1.39 bits per heavy atom. The van der Waals surface area contributed by atoms with Gasteiger partial charge in [0.25, 0.3) is 0 Å². The summed E-state index contributed by atoms with van der Waals surface area (Å²) in [5.74, 6) is -1.64. The van der Waals surface area contributed by atoms with Gasteiger partial charge in [0.2, 0.25) is 0 Å². The first-order chi connectivity index (χ1) is 13.0. The lowest BCUT2D eigenvalue weighted by atomic mass is 9.44. The topological polar surface area (TPSA) is 57.5 Å². The van der Waals surface area contributed by atoms with E-state index in [1.165, 1.54) is 0 Å². The zero-order chi connectivity index (χ0) is 20.7. The molecule has 4 rings (SSSR count). The number of hydrogen-bond donors (Lipinski definition) is 2. The summed E-state index contributed by atoms with van der Waals surface area (Å²) in [4.78, 5) is 12.7. The molecule has 0 radical (unpaired) electrons. The molecule has 3 saturated carbocycles. The SMILES string of the molecule is C=C1C=C[C@@]2(C)C(=C1)CC[C@H]1[C@@H]3C[C@H](C)[C@](O)(C(=O)CCl)[C@@]3(C)C[C@H](O)[C@@]12F. The molecule has 0 heterocycles. The summed E-state index contributed by atoms with van der Waals surface area (Å²) in [6.07, 6.45) is 6.29. The number of carbonyl (C=O) groups excluding carboxylic acids is 1. The summed E-state index contributed by atoms with van der Waals surface area (Å²) in [5.41, 5.74) is -3.44. The highest BCUT2D eigenvalue weighted by atomic mass is 35.5. The van der Waals surface area contributed by atoms with E-state index in [1.807, 2.05) is 39.0 Å². The van der Waals surface area contributed by atoms with Gasteiger partial charge in [0, 0.05) is 16.7 Å². The maximum absolute atomic E-state index is 17.0. The molecule has 0 saturated heterocycles. The lowest BCUT2D eigenvalue weighted by molar-refractivity contribution is -0.218. The Bertz CT molecular complexity index is 806. The zero-order valence-electron chi connectivity index (χ0n) is 16.8. The molecule has 0 aliphatic heterocycles. The number of carbonyl (C=O) groups is 1. The number of Topliss-reactive ketones (excluding diaryl/α,β-unsaturated/α-hetero) is 1. The van der Waals surface area contributed by atoms with Crippen molar-refractivity contribution in [2.75, 3.05) is 5.88 Å². The molecule has 5 heteroatoms. The molecule has 0 unspecified atom stereocenters. The Morgan fingerprint density at radius 2 is 2.07 bits per heavy atom. The molecule has 0 aromatic carbocycles. The van der Waals surface area contributed by atoms with Crippen LogP contribution >= 0.6 is 11.6 Å². The van der Waals surface area contributed by atoms with E-state index in [9.17, 15) is 15.0 Å². The Morgan fingerprint density at radius 3 is 2.71 bits per heavy atom. The van der Waals surface area contributed by atoms with Gasteiger partial charge in [-0.15, -0.1) is 11.6 Å². The highest BCUT2D eigenvalue weighted by Crippen LogP contribution is 2.70. The highest BCUT2D eigenvalue weighted by Gasteiger charge is 2.75. The Labute approximate surface area is 171 Å². The maximum atomic E-state index is 17.0. The van der Waals surface area contributed by atoms with Crippen LogP contribution in [0.1, 0.15) is 46.5 Å². The van der Waals surface area contributed by atoms with Crippen molar-refractivity contribution in [3.8, 4) is 0 Å². The molecule has 0 aromatic rings. The number of fused-ring (bicyclic) bond motifs is 5. The average molecular weight is 409 g/mol. The molecule has 4 aliphatic rings. The minimum Gasteiger partial charge on any atom is -0.390 e. The third-order valence-corrected chi connectivity index (χ3v) is 9.10. The van der Waals surface area contributed by atoms with E-state index in [4.69, 9.17) is 11.6 Å². The van der Waals surface area contributed by atoms with Crippen LogP contribution in [-0.2, 0) is 4.79 Å². The van der Waals surface area contributed by atoms with Gasteiger partial charge in [-0.2, -0.15) is 0 Å². The van der Waals surface area contributed by atoms with Gasteiger partial charge in [-0.3, -0.25) is 4.79 Å². The first-order valence-electron chi connectivity index (χ1n) is 10.2. The van der Waals surface area contributed by atoms with Gasteiger partial charge in [0.15, 0.2) is 11.5 Å². The van der Waals surface area contributed by atoms with Gasteiger partial charge in [0.1, 0.15) is 5.60 Å². The van der Waals surface area contributed by atoms with Crippen LogP contribution in [0.3, 0.4) is 0 Å². The number of halogens is 2. The average Bonchev–Trinajstić information content (AvgIpc) is 2.84. The van der Waals surface area contributed by atoms with E-state index in [0.29, 0.717) is 12.8 Å². The van der Waals surface area contributed by atoms with E-state index < -0.39 is 39.9 Å². The smallest absolute Gasteiger partial charge is 0.179 e. The van der Waals surface area contributed by atoms with Crippen molar-refractivity contribution in [2.45, 2.75) is 63.8 Å². The van der Waals surface area contributed by atoms with Gasteiger partial charge in [-0.05, 0) is 50.0 Å². The molecule has 2 N–H and O–H groups in total. The summed E-state index contributed by atoms with van der Waals surface area (Å²) in [7, 11) is 0. The van der Waals surface area contributed by atoms with Crippen molar-refractivity contribution >= 4 is 17.4 Å². The quantitative estimate of drug-likeness (QED) is 0.675. The number of rotatable bonds is 2. The first-order valence-corrected chi connectivity index (χ1v) is 10.8. The number of alkyl halides is 2. The highest BCUT2D eigenvalue weighted by molar-refractivity contribution is 6.29. The number of hydrogen-bond acceptors (Lipinski definition) is 3. The lowest BCUT2D eigenvalue weighted by Gasteiger charge is -2.62. The van der Waals surface area contributed by atoms with Gasteiger partial charge in [-0.25, -0.2) is 4.39 Å². The molecule has 0 aromatic heterocycles. The fourth-order valence-electron chi connectivity index (χ4n) is 7.32. The second-order valence-electron chi connectivity index (χ2n) is 9.90. The Kier molecular flexibility index (Phi) is 4.37. The number of aliphatic hydroxyl groups is 2. The van der Waals surface area contributed by atoms with Crippen LogP contribution < -0.4 is 0 Å². The van der Waals surface area contributed by atoms with E-state index in [0.717, 1.165) is 17.6 Å². The third-order valence-electron chi connectivity index (χ3n) is 8.86. The van der Waals surface area contributed by atoms with Crippen LogP contribution in [0.15, 0.2) is 36.0 Å². The number of allylic oxidation sites excluding steroid dienone is 5. The summed E-state index contributed by atoms with van der Waals surface area (Å²) < 4.78 is 17.0. The Hall–Kier alpha value is -0.970. The second kappa shape index (κ2) is 6.02. The van der Waals surface area contributed by atoms with Crippen molar-refractivity contribution in [3.05, 3.63) is 36.0 Å². The van der Waals surface area contributed by atoms with Gasteiger partial charge in [-0.1, -0.05) is 44.2 Å². The molecule has 0 spiro atoms. The molecule has 3 nitrogen and oxygen atoms in total. The predicted molar refractivity (Wildman–Crippen MR) is 108 cm³/mol.